The summed E-state index contributed by atoms with van der Waals surface area (Å²) in [6.07, 6.45) is 3.74. The summed E-state index contributed by atoms with van der Waals surface area (Å²) in [5, 5.41) is 24.8. The van der Waals surface area contributed by atoms with E-state index in [1.54, 1.807) is 18.2 Å². The first kappa shape index (κ1) is 19.5. The summed E-state index contributed by atoms with van der Waals surface area (Å²) >= 11 is 0. The minimum absolute atomic E-state index is 0.115. The number of carbonyl (C=O) groups is 1. The van der Waals surface area contributed by atoms with Crippen LogP contribution in [0.2, 0.25) is 0 Å². The number of benzene rings is 1. The lowest BCUT2D eigenvalue weighted by Crippen LogP contribution is -2.44. The second-order valence-electron chi connectivity index (χ2n) is 4.96. The molecule has 2 aromatic rings. The van der Waals surface area contributed by atoms with Crippen LogP contribution in [0.3, 0.4) is 0 Å². The molecular weight excluding hydrogens is 378 g/mol. The number of hydrogen-bond acceptors (Lipinski definition) is 6. The van der Waals surface area contributed by atoms with Crippen molar-refractivity contribution < 1.29 is 27.8 Å². The maximum absolute atomic E-state index is 12.2. The molecule has 2 rings (SSSR count). The molecule has 0 fully saturated rings. The number of urea groups is 1. The van der Waals surface area contributed by atoms with Crippen LogP contribution in [-0.2, 0) is 10.0 Å². The van der Waals surface area contributed by atoms with E-state index in [9.17, 15) is 28.4 Å². The van der Waals surface area contributed by atoms with Gasteiger partial charge in [-0.2, -0.15) is 18.1 Å². The van der Waals surface area contributed by atoms with E-state index in [1.165, 1.54) is 17.0 Å². The Balaban J connectivity index is 2.38. The Labute approximate surface area is 153 Å². The number of nitrogens with two attached hydrogens (primary N) is 1. The first-order chi connectivity index (χ1) is 12.7. The Morgan fingerprint density at radius 1 is 1.19 bits per heavy atom. The molecule has 0 bridgehead atoms. The van der Waals surface area contributed by atoms with Crippen molar-refractivity contribution in [3.05, 3.63) is 71.0 Å². The molecule has 1 aromatic carbocycles. The van der Waals surface area contributed by atoms with Crippen LogP contribution < -0.4 is 20.7 Å². The molecule has 0 saturated carbocycles. The number of nitrogens with one attached hydrogen (secondary N) is 1. The minimum Gasteiger partial charge on any atom is -0.858 e. The fourth-order valence-electron chi connectivity index (χ4n) is 1.91. The number of rotatable bonds is 6. The topological polar surface area (TPSA) is 172 Å². The third-order valence-electron chi connectivity index (χ3n) is 3.06. The Kier molecular flexibility index (Phi) is 5.82. The van der Waals surface area contributed by atoms with Gasteiger partial charge < -0.3 is 10.8 Å². The molecule has 1 aromatic heterocycles. The molecule has 11 nitrogen and oxygen atoms in total. The fourth-order valence-corrected chi connectivity index (χ4v) is 2.79. The molecule has 0 aliphatic rings. The second kappa shape index (κ2) is 8.05. The molecule has 1 heterocycles. The molecular formula is C15H13N5O6S. The van der Waals surface area contributed by atoms with Crippen LogP contribution in [0.5, 0.6) is 0 Å². The molecule has 0 aliphatic heterocycles. The molecule has 0 aliphatic carbocycles. The molecule has 0 unspecified atom stereocenters. The second-order valence-corrected chi connectivity index (χ2v) is 6.56. The highest BCUT2D eigenvalue weighted by molar-refractivity contribution is 7.90. The van der Waals surface area contributed by atoms with Crippen molar-refractivity contribution in [3.63, 3.8) is 0 Å². The van der Waals surface area contributed by atoms with Gasteiger partial charge in [-0.05, 0) is 24.3 Å². The standard InChI is InChI=1S/C15H13N5O6S/c16-15(22)17-13(19-8-2-1-3-9-19)10-14(21)18-27(25,26)12-6-4-11(5-7-12)20(23)24/h1-10H,(H3-,16,17,18,21,22). The van der Waals surface area contributed by atoms with E-state index in [1.807, 2.05) is 0 Å². The number of hydrogen-bond donors (Lipinski definition) is 2. The molecule has 0 atom stereocenters. The van der Waals surface area contributed by atoms with E-state index >= 15 is 0 Å². The lowest BCUT2D eigenvalue weighted by Gasteiger charge is -2.08. The number of pyridine rings is 1. The Bertz CT molecular complexity index is 1020. The highest BCUT2D eigenvalue weighted by atomic mass is 32.2. The monoisotopic (exact) mass is 391 g/mol. The maximum Gasteiger partial charge on any atom is 0.404 e. The van der Waals surface area contributed by atoms with E-state index in [0.717, 1.165) is 30.3 Å². The van der Waals surface area contributed by atoms with Crippen molar-refractivity contribution in [1.29, 1.82) is 0 Å². The van der Waals surface area contributed by atoms with Gasteiger partial charge in [-0.1, -0.05) is 6.07 Å². The highest BCUT2D eigenvalue weighted by Crippen LogP contribution is 2.17. The predicted molar refractivity (Wildman–Crippen MR) is 91.3 cm³/mol. The summed E-state index contributed by atoms with van der Waals surface area (Å²) < 4.78 is 28.7. The number of amides is 2. The van der Waals surface area contributed by atoms with Gasteiger partial charge in [-0.25, -0.2) is 9.36 Å². The van der Waals surface area contributed by atoms with Crippen molar-refractivity contribution in [2.24, 2.45) is 10.1 Å². The quantitative estimate of drug-likeness (QED) is 0.221. The SMILES string of the molecule is NC(=O)N/C(=C\C([O-])=N\S(=O)(=O)c1ccc([N+](=O)[O-])cc1)[n+]1ccccc1. The maximum atomic E-state index is 12.2. The largest absolute Gasteiger partial charge is 0.858 e. The normalized spacial score (nSPS) is 12.4. The summed E-state index contributed by atoms with van der Waals surface area (Å²) in [4.78, 5) is 20.6. The Morgan fingerprint density at radius 2 is 1.78 bits per heavy atom. The van der Waals surface area contributed by atoms with Gasteiger partial charge in [-0.15, -0.1) is 0 Å². The van der Waals surface area contributed by atoms with E-state index in [0.29, 0.717) is 0 Å². The van der Waals surface area contributed by atoms with Crippen LogP contribution in [0.4, 0.5) is 10.5 Å². The van der Waals surface area contributed by atoms with Crippen LogP contribution in [0.25, 0.3) is 5.82 Å². The average molecular weight is 391 g/mol. The third-order valence-corrected chi connectivity index (χ3v) is 4.35. The summed E-state index contributed by atoms with van der Waals surface area (Å²) in [6.45, 7) is 0. The van der Waals surface area contributed by atoms with Gasteiger partial charge in [0.2, 0.25) is 0 Å². The highest BCUT2D eigenvalue weighted by Gasteiger charge is 2.16. The average Bonchev–Trinajstić information content (AvgIpc) is 2.61. The van der Waals surface area contributed by atoms with Crippen LogP contribution in [0.15, 0.2) is 70.2 Å². The van der Waals surface area contributed by atoms with Gasteiger partial charge >= 0.3 is 6.03 Å². The summed E-state index contributed by atoms with van der Waals surface area (Å²) in [5.74, 6) is -1.30. The van der Waals surface area contributed by atoms with Crippen molar-refractivity contribution in [2.75, 3.05) is 0 Å². The smallest absolute Gasteiger partial charge is 0.404 e. The third kappa shape index (κ3) is 5.34. The van der Waals surface area contributed by atoms with Gasteiger partial charge in [0.25, 0.3) is 21.5 Å². The molecule has 0 saturated heterocycles. The van der Waals surface area contributed by atoms with Gasteiger partial charge in [0, 0.05) is 24.1 Å². The molecule has 27 heavy (non-hydrogen) atoms. The minimum atomic E-state index is -4.40. The fraction of sp³-hybridized carbons (Fsp3) is 0. The zero-order chi connectivity index (χ0) is 20.0. The van der Waals surface area contributed by atoms with Crippen LogP contribution in [-0.4, -0.2) is 25.3 Å². The molecule has 12 heteroatoms. The van der Waals surface area contributed by atoms with Crippen LogP contribution >= 0.6 is 0 Å². The first-order valence-electron chi connectivity index (χ1n) is 7.20. The van der Waals surface area contributed by atoms with Crippen molar-refractivity contribution in [1.82, 2.24) is 5.32 Å². The number of carbonyl (C=O) groups excluding carboxylic acids is 1. The summed E-state index contributed by atoms with van der Waals surface area (Å²) in [5.41, 5.74) is 4.73. The Morgan fingerprint density at radius 3 is 2.30 bits per heavy atom. The van der Waals surface area contributed by atoms with E-state index in [2.05, 4.69) is 9.71 Å². The number of nitro groups is 1. The lowest BCUT2D eigenvalue weighted by atomic mass is 10.3. The number of nitro benzene ring substituents is 1. The Hall–Kier alpha value is -3.80. The van der Waals surface area contributed by atoms with Crippen LogP contribution in [0.1, 0.15) is 0 Å². The number of non-ortho nitro benzene ring substituents is 1. The number of aromatic nitrogens is 1. The number of sulfonamides is 1. The van der Waals surface area contributed by atoms with Gasteiger partial charge in [-0.3, -0.25) is 10.1 Å². The van der Waals surface area contributed by atoms with E-state index in [4.69, 9.17) is 5.73 Å². The number of primary amides is 1. The molecule has 0 radical (unpaired) electrons. The number of nitrogens with zero attached hydrogens (tertiary/aromatic N) is 3. The summed E-state index contributed by atoms with van der Waals surface area (Å²) in [7, 11) is -4.40. The first-order valence-corrected chi connectivity index (χ1v) is 8.64. The zero-order valence-electron chi connectivity index (χ0n) is 13.6. The van der Waals surface area contributed by atoms with E-state index in [-0.39, 0.29) is 11.5 Å². The van der Waals surface area contributed by atoms with Crippen LogP contribution in [0, 0.1) is 10.1 Å². The summed E-state index contributed by atoms with van der Waals surface area (Å²) in [6, 6.07) is 7.79. The zero-order valence-corrected chi connectivity index (χ0v) is 14.4. The van der Waals surface area contributed by atoms with Crippen molar-refractivity contribution >= 4 is 33.5 Å². The molecule has 0 spiro atoms. The predicted octanol–water partition coefficient (Wildman–Crippen LogP) is -0.503. The van der Waals surface area contributed by atoms with Gasteiger partial charge in [0.05, 0.1) is 22.2 Å². The van der Waals surface area contributed by atoms with Gasteiger partial charge in [0.1, 0.15) is 0 Å². The molecule has 3 N–H and O–H groups in total. The van der Waals surface area contributed by atoms with Crippen molar-refractivity contribution in [2.45, 2.75) is 4.90 Å². The van der Waals surface area contributed by atoms with Crippen molar-refractivity contribution in [3.8, 4) is 0 Å². The molecule has 140 valence electrons. The van der Waals surface area contributed by atoms with Gasteiger partial charge in [0.15, 0.2) is 0 Å². The lowest BCUT2D eigenvalue weighted by molar-refractivity contribution is -0.584. The molecule has 2 amide bonds. The van der Waals surface area contributed by atoms with E-state index < -0.39 is 31.8 Å².